The van der Waals surface area contributed by atoms with Crippen LogP contribution in [0.2, 0.25) is 0 Å². The molecule has 3 rings (SSSR count). The van der Waals surface area contributed by atoms with E-state index in [9.17, 15) is 0 Å². The lowest BCUT2D eigenvalue weighted by atomic mass is 9.95. The van der Waals surface area contributed by atoms with Crippen LogP contribution < -0.4 is 4.90 Å². The third-order valence-electron chi connectivity index (χ3n) is 3.96. The number of pyridine rings is 1. The molecule has 1 saturated heterocycles. The molecule has 0 bridgehead atoms. The van der Waals surface area contributed by atoms with Crippen molar-refractivity contribution in [3.63, 3.8) is 0 Å². The van der Waals surface area contributed by atoms with Crippen LogP contribution in [0.1, 0.15) is 19.3 Å². The van der Waals surface area contributed by atoms with Crippen LogP contribution in [0, 0.1) is 5.92 Å². The van der Waals surface area contributed by atoms with Crippen molar-refractivity contribution in [2.24, 2.45) is 5.92 Å². The van der Waals surface area contributed by atoms with E-state index in [1.807, 2.05) is 12.1 Å². The second kappa shape index (κ2) is 5.57. The van der Waals surface area contributed by atoms with Gasteiger partial charge >= 0.3 is 0 Å². The summed E-state index contributed by atoms with van der Waals surface area (Å²) in [6, 6.07) is 12.5. The maximum absolute atomic E-state index is 9.08. The van der Waals surface area contributed by atoms with Crippen molar-refractivity contribution in [2.75, 3.05) is 24.6 Å². The Balaban J connectivity index is 1.83. The van der Waals surface area contributed by atoms with Gasteiger partial charge in [0.15, 0.2) is 0 Å². The lowest BCUT2D eigenvalue weighted by Crippen LogP contribution is -2.36. The zero-order valence-electron chi connectivity index (χ0n) is 11.1. The number of hydrogen-bond donors (Lipinski definition) is 1. The topological polar surface area (TPSA) is 36.4 Å². The van der Waals surface area contributed by atoms with Crippen molar-refractivity contribution in [3.8, 4) is 0 Å². The summed E-state index contributed by atoms with van der Waals surface area (Å²) in [5, 5.41) is 10.3. The Labute approximate surface area is 113 Å². The Morgan fingerprint density at radius 2 is 2.11 bits per heavy atom. The molecule has 1 fully saturated rings. The number of aromatic nitrogens is 1. The molecule has 19 heavy (non-hydrogen) atoms. The van der Waals surface area contributed by atoms with Crippen molar-refractivity contribution >= 4 is 16.7 Å². The summed E-state index contributed by atoms with van der Waals surface area (Å²) in [6.07, 6.45) is 3.33. The number of aliphatic hydroxyl groups is 1. The lowest BCUT2D eigenvalue weighted by molar-refractivity contribution is 0.244. The van der Waals surface area contributed by atoms with Gasteiger partial charge in [0.05, 0.1) is 5.52 Å². The number of nitrogens with zero attached hydrogens (tertiary/aromatic N) is 2. The quantitative estimate of drug-likeness (QED) is 0.917. The van der Waals surface area contributed by atoms with Crippen LogP contribution in [-0.2, 0) is 0 Å². The van der Waals surface area contributed by atoms with Crippen LogP contribution in [-0.4, -0.2) is 29.8 Å². The van der Waals surface area contributed by atoms with E-state index in [4.69, 9.17) is 10.1 Å². The van der Waals surface area contributed by atoms with Gasteiger partial charge in [0.2, 0.25) is 0 Å². The Morgan fingerprint density at radius 3 is 3.00 bits per heavy atom. The van der Waals surface area contributed by atoms with Gasteiger partial charge in [0.1, 0.15) is 5.82 Å². The fraction of sp³-hybridized carbons (Fsp3) is 0.438. The van der Waals surface area contributed by atoms with Crippen LogP contribution in [0.3, 0.4) is 0 Å². The van der Waals surface area contributed by atoms with E-state index in [0.717, 1.165) is 30.8 Å². The summed E-state index contributed by atoms with van der Waals surface area (Å²) < 4.78 is 0. The van der Waals surface area contributed by atoms with E-state index in [2.05, 4.69) is 29.2 Å². The van der Waals surface area contributed by atoms with Gasteiger partial charge in [0, 0.05) is 25.1 Å². The number of anilines is 1. The smallest absolute Gasteiger partial charge is 0.129 e. The van der Waals surface area contributed by atoms with Gasteiger partial charge in [-0.2, -0.15) is 0 Å². The predicted molar refractivity (Wildman–Crippen MR) is 78.4 cm³/mol. The molecule has 1 aliphatic rings. The van der Waals surface area contributed by atoms with Gasteiger partial charge in [0.25, 0.3) is 0 Å². The van der Waals surface area contributed by atoms with E-state index >= 15 is 0 Å². The van der Waals surface area contributed by atoms with E-state index in [1.54, 1.807) is 0 Å². The fourth-order valence-electron chi connectivity index (χ4n) is 2.92. The first-order chi connectivity index (χ1) is 9.36. The van der Waals surface area contributed by atoms with E-state index in [-0.39, 0.29) is 0 Å². The maximum Gasteiger partial charge on any atom is 0.129 e. The highest BCUT2D eigenvalue weighted by Gasteiger charge is 2.20. The third kappa shape index (κ3) is 2.71. The number of para-hydroxylation sites is 1. The number of hydrogen-bond acceptors (Lipinski definition) is 3. The van der Waals surface area contributed by atoms with Crippen molar-refractivity contribution in [3.05, 3.63) is 36.4 Å². The van der Waals surface area contributed by atoms with Gasteiger partial charge in [-0.05, 0) is 43.4 Å². The minimum Gasteiger partial charge on any atom is -0.396 e. The number of piperidine rings is 1. The highest BCUT2D eigenvalue weighted by atomic mass is 16.3. The minimum atomic E-state index is 0.295. The molecule has 0 saturated carbocycles. The molecule has 3 nitrogen and oxygen atoms in total. The summed E-state index contributed by atoms with van der Waals surface area (Å²) >= 11 is 0. The summed E-state index contributed by atoms with van der Waals surface area (Å²) in [6.45, 7) is 2.39. The van der Waals surface area contributed by atoms with Gasteiger partial charge < -0.3 is 10.0 Å². The van der Waals surface area contributed by atoms with E-state index in [0.29, 0.717) is 12.5 Å². The molecule has 1 N–H and O–H groups in total. The molecule has 3 heteroatoms. The molecular formula is C16H20N2O. The molecule has 0 amide bonds. The largest absolute Gasteiger partial charge is 0.396 e. The predicted octanol–water partition coefficient (Wildman–Crippen LogP) is 2.83. The summed E-state index contributed by atoms with van der Waals surface area (Å²) in [7, 11) is 0. The molecule has 1 unspecified atom stereocenters. The molecule has 100 valence electrons. The van der Waals surface area contributed by atoms with Crippen LogP contribution in [0.25, 0.3) is 10.9 Å². The van der Waals surface area contributed by atoms with Crippen LogP contribution in [0.5, 0.6) is 0 Å². The van der Waals surface area contributed by atoms with Crippen molar-refractivity contribution in [2.45, 2.75) is 19.3 Å². The van der Waals surface area contributed by atoms with Gasteiger partial charge in [-0.1, -0.05) is 18.2 Å². The Bertz CT molecular complexity index is 553. The molecular weight excluding hydrogens is 236 g/mol. The Morgan fingerprint density at radius 1 is 1.21 bits per heavy atom. The number of aliphatic hydroxyl groups excluding tert-OH is 1. The zero-order chi connectivity index (χ0) is 13.1. The fourth-order valence-corrected chi connectivity index (χ4v) is 2.92. The van der Waals surface area contributed by atoms with Crippen LogP contribution >= 0.6 is 0 Å². The van der Waals surface area contributed by atoms with Crippen molar-refractivity contribution < 1.29 is 5.11 Å². The molecule has 0 radical (unpaired) electrons. The summed E-state index contributed by atoms with van der Waals surface area (Å²) in [5.74, 6) is 1.67. The van der Waals surface area contributed by atoms with E-state index in [1.165, 1.54) is 18.2 Å². The lowest BCUT2D eigenvalue weighted by Gasteiger charge is -2.33. The first-order valence-electron chi connectivity index (χ1n) is 7.08. The first-order valence-corrected chi connectivity index (χ1v) is 7.08. The maximum atomic E-state index is 9.08. The zero-order valence-corrected chi connectivity index (χ0v) is 11.1. The Hall–Kier alpha value is -1.61. The van der Waals surface area contributed by atoms with Gasteiger partial charge in [-0.15, -0.1) is 0 Å². The monoisotopic (exact) mass is 256 g/mol. The Kier molecular flexibility index (Phi) is 3.65. The number of fused-ring (bicyclic) bond motifs is 1. The highest BCUT2D eigenvalue weighted by molar-refractivity contribution is 5.80. The standard InChI is InChI=1S/C16H20N2O/c19-11-9-13-4-3-10-18(12-13)16-8-7-14-5-1-2-6-15(14)17-16/h1-2,5-8,13,19H,3-4,9-12H2. The van der Waals surface area contributed by atoms with Gasteiger partial charge in [-0.25, -0.2) is 4.98 Å². The van der Waals surface area contributed by atoms with Gasteiger partial charge in [-0.3, -0.25) is 0 Å². The first kappa shape index (κ1) is 12.4. The van der Waals surface area contributed by atoms with Crippen molar-refractivity contribution in [1.82, 2.24) is 4.98 Å². The van der Waals surface area contributed by atoms with Crippen LogP contribution in [0.15, 0.2) is 36.4 Å². The van der Waals surface area contributed by atoms with E-state index < -0.39 is 0 Å². The molecule has 1 aromatic heterocycles. The molecule has 1 aliphatic heterocycles. The molecule has 0 aliphatic carbocycles. The third-order valence-corrected chi connectivity index (χ3v) is 3.96. The summed E-state index contributed by atoms with van der Waals surface area (Å²) in [4.78, 5) is 7.11. The number of benzene rings is 1. The van der Waals surface area contributed by atoms with Crippen molar-refractivity contribution in [1.29, 1.82) is 0 Å². The molecule has 1 aromatic carbocycles. The average Bonchev–Trinajstić information content (AvgIpc) is 2.47. The minimum absolute atomic E-state index is 0.295. The molecule has 1 atom stereocenters. The van der Waals surface area contributed by atoms with Crippen LogP contribution in [0.4, 0.5) is 5.82 Å². The highest BCUT2D eigenvalue weighted by Crippen LogP contribution is 2.25. The molecule has 0 spiro atoms. The average molecular weight is 256 g/mol. The summed E-state index contributed by atoms with van der Waals surface area (Å²) in [5.41, 5.74) is 1.06. The number of rotatable bonds is 3. The second-order valence-corrected chi connectivity index (χ2v) is 5.33. The molecule has 2 heterocycles. The SMILES string of the molecule is OCCC1CCCN(c2ccc3ccccc3n2)C1. The normalized spacial score (nSPS) is 19.8. The second-order valence-electron chi connectivity index (χ2n) is 5.33. The molecule has 2 aromatic rings.